The Morgan fingerprint density at radius 2 is 2.03 bits per heavy atom. The Labute approximate surface area is 215 Å². The summed E-state index contributed by atoms with van der Waals surface area (Å²) in [6.07, 6.45) is 9.68. The fraction of sp³-hybridized carbons (Fsp3) is 0.500. The van der Waals surface area contributed by atoms with E-state index in [2.05, 4.69) is 34.5 Å². The molecule has 0 spiro atoms. The zero-order valence-corrected chi connectivity index (χ0v) is 21.4. The molecule has 2 aliphatic carbocycles. The van der Waals surface area contributed by atoms with Crippen LogP contribution in [0.25, 0.3) is 16.0 Å². The first-order valence-electron chi connectivity index (χ1n) is 13.2. The van der Waals surface area contributed by atoms with Crippen LogP contribution in [0.1, 0.15) is 48.2 Å². The molecule has 2 aliphatic heterocycles. The second kappa shape index (κ2) is 10.4. The number of rotatable bonds is 5. The van der Waals surface area contributed by atoms with Crippen LogP contribution >= 0.6 is 11.3 Å². The normalized spacial score (nSPS) is 21.1. The van der Waals surface area contributed by atoms with Crippen molar-refractivity contribution in [2.45, 2.75) is 51.1 Å². The zero-order valence-electron chi connectivity index (χ0n) is 20.6. The van der Waals surface area contributed by atoms with Crippen LogP contribution in [-0.2, 0) is 17.7 Å². The third-order valence-corrected chi connectivity index (χ3v) is 8.89. The van der Waals surface area contributed by atoms with Gasteiger partial charge < -0.3 is 15.0 Å². The SMILES string of the molecule is O=C(NC1CCCC1)N1CCC(C2=CCc3ncc(-c4ccc(CN5CCOCC5)s4)cc32)=C(F)C1. The highest BCUT2D eigenvalue weighted by Crippen LogP contribution is 2.40. The van der Waals surface area contributed by atoms with Crippen LogP contribution in [0.4, 0.5) is 9.18 Å². The monoisotopic (exact) mass is 508 g/mol. The number of aromatic nitrogens is 1. The number of carbonyl (C=O) groups is 1. The number of carbonyl (C=O) groups excluding carboxylic acids is 1. The number of pyridine rings is 1. The van der Waals surface area contributed by atoms with Crippen molar-refractivity contribution in [3.8, 4) is 10.4 Å². The van der Waals surface area contributed by atoms with Crippen LogP contribution in [0, 0.1) is 0 Å². The van der Waals surface area contributed by atoms with E-state index >= 15 is 4.39 Å². The van der Waals surface area contributed by atoms with Gasteiger partial charge in [-0.25, -0.2) is 9.18 Å². The molecule has 1 N–H and O–H groups in total. The van der Waals surface area contributed by atoms with Gasteiger partial charge in [-0.2, -0.15) is 0 Å². The van der Waals surface area contributed by atoms with Crippen molar-refractivity contribution < 1.29 is 13.9 Å². The molecular weight excluding hydrogens is 475 g/mol. The van der Waals surface area contributed by atoms with Gasteiger partial charge in [0, 0.05) is 65.7 Å². The van der Waals surface area contributed by atoms with Crippen molar-refractivity contribution in [3.05, 3.63) is 58.0 Å². The molecular formula is C28H33FN4O2S. The third-order valence-electron chi connectivity index (χ3n) is 7.77. The van der Waals surface area contributed by atoms with Crippen molar-refractivity contribution >= 4 is 22.9 Å². The van der Waals surface area contributed by atoms with Gasteiger partial charge in [-0.05, 0) is 48.6 Å². The first kappa shape index (κ1) is 23.8. The van der Waals surface area contributed by atoms with Crippen molar-refractivity contribution in [2.75, 3.05) is 39.4 Å². The number of nitrogens with zero attached hydrogens (tertiary/aromatic N) is 3. The maximum absolute atomic E-state index is 15.4. The van der Waals surface area contributed by atoms with E-state index in [1.165, 1.54) is 9.75 Å². The molecule has 0 aromatic carbocycles. The molecule has 0 radical (unpaired) electrons. The number of amides is 2. The molecule has 2 aromatic heterocycles. The molecule has 4 heterocycles. The highest BCUT2D eigenvalue weighted by atomic mass is 32.1. The van der Waals surface area contributed by atoms with Crippen molar-refractivity contribution in [2.24, 2.45) is 0 Å². The van der Waals surface area contributed by atoms with Crippen LogP contribution in [0.5, 0.6) is 0 Å². The molecule has 6 nitrogen and oxygen atoms in total. The largest absolute Gasteiger partial charge is 0.379 e. The predicted octanol–water partition coefficient (Wildman–Crippen LogP) is 5.16. The van der Waals surface area contributed by atoms with Crippen LogP contribution in [0.2, 0.25) is 0 Å². The number of thiophene rings is 1. The number of ether oxygens (including phenoxy) is 1. The van der Waals surface area contributed by atoms with Crippen LogP contribution in [0.15, 0.2) is 41.9 Å². The molecule has 0 atom stereocenters. The lowest BCUT2D eigenvalue weighted by atomic mass is 9.94. The molecule has 190 valence electrons. The van der Waals surface area contributed by atoms with Gasteiger partial charge in [-0.1, -0.05) is 18.9 Å². The van der Waals surface area contributed by atoms with Gasteiger partial charge in [-0.3, -0.25) is 9.88 Å². The Balaban J connectivity index is 1.16. The third kappa shape index (κ3) is 4.99. The minimum atomic E-state index is -0.198. The minimum absolute atomic E-state index is 0.0451. The first-order valence-corrected chi connectivity index (χ1v) is 14.0. The quantitative estimate of drug-likeness (QED) is 0.606. The summed E-state index contributed by atoms with van der Waals surface area (Å²) in [6, 6.07) is 6.65. The van der Waals surface area contributed by atoms with Crippen LogP contribution in [-0.4, -0.2) is 66.2 Å². The van der Waals surface area contributed by atoms with Gasteiger partial charge in [0.05, 0.1) is 25.5 Å². The Kier molecular flexibility index (Phi) is 6.91. The molecule has 36 heavy (non-hydrogen) atoms. The summed E-state index contributed by atoms with van der Waals surface area (Å²) in [5, 5.41) is 3.09. The topological polar surface area (TPSA) is 57.7 Å². The molecule has 8 heteroatoms. The van der Waals surface area contributed by atoms with Crippen molar-refractivity contribution in [1.82, 2.24) is 20.1 Å². The van der Waals surface area contributed by atoms with Crippen molar-refractivity contribution in [3.63, 3.8) is 0 Å². The molecule has 1 saturated heterocycles. The van der Waals surface area contributed by atoms with Crippen molar-refractivity contribution in [1.29, 1.82) is 0 Å². The van der Waals surface area contributed by atoms with Gasteiger partial charge in [0.25, 0.3) is 0 Å². The maximum atomic E-state index is 15.4. The number of hydrogen-bond acceptors (Lipinski definition) is 5. The lowest BCUT2D eigenvalue weighted by Gasteiger charge is -2.29. The second-order valence-corrected chi connectivity index (χ2v) is 11.3. The molecule has 0 unspecified atom stereocenters. The summed E-state index contributed by atoms with van der Waals surface area (Å²) in [5.41, 5.74) is 4.80. The molecule has 4 aliphatic rings. The molecule has 0 bridgehead atoms. The van der Waals surface area contributed by atoms with E-state index in [1.807, 2.05) is 6.20 Å². The van der Waals surface area contributed by atoms with Gasteiger partial charge >= 0.3 is 6.03 Å². The average Bonchev–Trinajstić information content (AvgIpc) is 3.66. The van der Waals surface area contributed by atoms with E-state index in [9.17, 15) is 4.79 Å². The highest BCUT2D eigenvalue weighted by molar-refractivity contribution is 7.15. The molecule has 2 aromatic rings. The fourth-order valence-electron chi connectivity index (χ4n) is 5.73. The molecule has 6 rings (SSSR count). The number of fused-ring (bicyclic) bond motifs is 1. The minimum Gasteiger partial charge on any atom is -0.379 e. The summed E-state index contributed by atoms with van der Waals surface area (Å²) in [4.78, 5) is 24.0. The number of allylic oxidation sites excluding steroid dienone is 2. The Morgan fingerprint density at radius 1 is 1.19 bits per heavy atom. The average molecular weight is 509 g/mol. The van der Waals surface area contributed by atoms with E-state index in [-0.39, 0.29) is 24.4 Å². The number of nitrogens with one attached hydrogen (secondary N) is 1. The number of urea groups is 1. The van der Waals surface area contributed by atoms with Gasteiger partial charge in [-0.15, -0.1) is 11.3 Å². The highest BCUT2D eigenvalue weighted by Gasteiger charge is 2.29. The molecule has 2 fully saturated rings. The lowest BCUT2D eigenvalue weighted by Crippen LogP contribution is -2.46. The summed E-state index contributed by atoms with van der Waals surface area (Å²) in [7, 11) is 0. The summed E-state index contributed by atoms with van der Waals surface area (Å²) in [5.74, 6) is -0.198. The Bertz CT molecular complexity index is 1190. The maximum Gasteiger partial charge on any atom is 0.318 e. The molecule has 1 saturated carbocycles. The lowest BCUT2D eigenvalue weighted by molar-refractivity contribution is 0.0346. The van der Waals surface area contributed by atoms with E-state index < -0.39 is 0 Å². The van der Waals surface area contributed by atoms with Crippen LogP contribution < -0.4 is 5.32 Å². The Hall–Kier alpha value is -2.55. The molecule has 2 amide bonds. The van der Waals surface area contributed by atoms with Crippen LogP contribution in [0.3, 0.4) is 0 Å². The zero-order chi connectivity index (χ0) is 24.5. The van der Waals surface area contributed by atoms with E-state index in [0.29, 0.717) is 13.0 Å². The summed E-state index contributed by atoms with van der Waals surface area (Å²) in [6.45, 7) is 5.08. The van der Waals surface area contributed by atoms with Gasteiger partial charge in [0.2, 0.25) is 0 Å². The summed E-state index contributed by atoms with van der Waals surface area (Å²) >= 11 is 1.80. The number of hydrogen-bond donors (Lipinski definition) is 1. The number of halogens is 1. The number of morpholine rings is 1. The standard InChI is InChI=1S/C28H33FN4O2S/c29-25-18-33(28(34)31-20-3-1-2-4-20)10-9-23(25)22-6-7-26-24(22)15-19(16-30-26)27-8-5-21(36-27)17-32-11-13-35-14-12-32/h5-6,8,15-16,20H,1-4,7,9-14,17-18H2,(H,31,34). The summed E-state index contributed by atoms with van der Waals surface area (Å²) < 4.78 is 20.8. The van der Waals surface area contributed by atoms with Gasteiger partial charge in [0.1, 0.15) is 5.83 Å². The van der Waals surface area contributed by atoms with E-state index in [1.54, 1.807) is 16.2 Å². The van der Waals surface area contributed by atoms with E-state index in [0.717, 1.165) is 92.9 Å². The smallest absolute Gasteiger partial charge is 0.318 e. The van der Waals surface area contributed by atoms with Gasteiger partial charge in [0.15, 0.2) is 0 Å². The first-order chi connectivity index (χ1) is 17.6. The Morgan fingerprint density at radius 3 is 2.83 bits per heavy atom. The second-order valence-electron chi connectivity index (χ2n) is 10.2. The fourth-order valence-corrected chi connectivity index (χ4v) is 6.76. The predicted molar refractivity (Wildman–Crippen MR) is 140 cm³/mol. The van der Waals surface area contributed by atoms with E-state index in [4.69, 9.17) is 9.72 Å².